The van der Waals surface area contributed by atoms with Crippen LogP contribution in [0.3, 0.4) is 0 Å². The average Bonchev–Trinajstić information content (AvgIpc) is 1.89. The second-order valence-electron chi connectivity index (χ2n) is 2.33. The van der Waals surface area contributed by atoms with Gasteiger partial charge in [-0.1, -0.05) is 19.1 Å². The maximum atomic E-state index is 8.53. The third-order valence-electron chi connectivity index (χ3n) is 1.50. The highest BCUT2D eigenvalue weighted by atomic mass is 16.3. The molecule has 0 bridgehead atoms. The van der Waals surface area contributed by atoms with E-state index in [2.05, 4.69) is 6.58 Å². The molecule has 2 nitrogen and oxygen atoms in total. The fourth-order valence-corrected chi connectivity index (χ4v) is 0.693. The summed E-state index contributed by atoms with van der Waals surface area (Å²) in [7, 11) is 0. The second-order valence-corrected chi connectivity index (χ2v) is 2.33. The highest BCUT2D eigenvalue weighted by molar-refractivity contribution is 5.18. The number of aliphatic hydroxyl groups is 2. The smallest absolute Gasteiger partial charge is 0.0468 e. The van der Waals surface area contributed by atoms with E-state index in [9.17, 15) is 0 Å². The summed E-state index contributed by atoms with van der Waals surface area (Å²) in [6, 6.07) is 0. The van der Waals surface area contributed by atoms with E-state index in [0.29, 0.717) is 12.8 Å². The van der Waals surface area contributed by atoms with E-state index in [0.717, 1.165) is 11.5 Å². The van der Waals surface area contributed by atoms with E-state index in [1.54, 1.807) is 0 Å². The zero-order chi connectivity index (χ0) is 7.98. The minimum absolute atomic E-state index is 0.140. The van der Waals surface area contributed by atoms with Gasteiger partial charge in [-0.05, 0) is 18.8 Å². The Morgan fingerprint density at radius 2 is 1.70 bits per heavy atom. The average molecular weight is 143 g/mol. The molecule has 0 atom stereocenters. The van der Waals surface area contributed by atoms with Crippen molar-refractivity contribution in [2.45, 2.75) is 19.8 Å². The van der Waals surface area contributed by atoms with Crippen LogP contribution in [-0.4, -0.2) is 23.4 Å². The van der Waals surface area contributed by atoms with Gasteiger partial charge in [0.05, 0.1) is 0 Å². The van der Waals surface area contributed by atoms with Crippen molar-refractivity contribution in [1.82, 2.24) is 0 Å². The van der Waals surface area contributed by atoms with Gasteiger partial charge in [0.15, 0.2) is 0 Å². The molecule has 59 valence electrons. The summed E-state index contributed by atoms with van der Waals surface area (Å²) < 4.78 is 0. The molecule has 10 heavy (non-hydrogen) atoms. The summed E-state index contributed by atoms with van der Waals surface area (Å²) in [5, 5.41) is 17.0. The molecule has 0 aromatic carbocycles. The van der Waals surface area contributed by atoms with Crippen molar-refractivity contribution >= 4 is 0 Å². The van der Waals surface area contributed by atoms with Gasteiger partial charge < -0.3 is 10.2 Å². The lowest BCUT2D eigenvalue weighted by molar-refractivity contribution is 0.286. The molecule has 0 saturated heterocycles. The van der Waals surface area contributed by atoms with Crippen molar-refractivity contribution in [1.29, 1.82) is 0 Å². The molecule has 1 radical (unpaired) electrons. The first kappa shape index (κ1) is 9.66. The van der Waals surface area contributed by atoms with Gasteiger partial charge in [0, 0.05) is 13.2 Å². The SMILES string of the molecule is C=C(CCO)[C](C)CCO. The zero-order valence-electron chi connectivity index (χ0n) is 6.43. The fraction of sp³-hybridized carbons (Fsp3) is 0.625. The standard InChI is InChI=1S/C8H15O2/c1-7(3-5-9)8(2)4-6-10/h9-10H,1,3-6H2,2H3. The lowest BCUT2D eigenvalue weighted by Gasteiger charge is -2.10. The lowest BCUT2D eigenvalue weighted by atomic mass is 9.97. The van der Waals surface area contributed by atoms with Gasteiger partial charge in [0.1, 0.15) is 0 Å². The normalized spacial score (nSPS) is 10.4. The van der Waals surface area contributed by atoms with Crippen LogP contribution in [0.4, 0.5) is 0 Å². The van der Waals surface area contributed by atoms with Gasteiger partial charge in [0.2, 0.25) is 0 Å². The van der Waals surface area contributed by atoms with Gasteiger partial charge >= 0.3 is 0 Å². The van der Waals surface area contributed by atoms with Crippen LogP contribution in [0.2, 0.25) is 0 Å². The first-order valence-corrected chi connectivity index (χ1v) is 3.44. The molecule has 0 amide bonds. The third kappa shape index (κ3) is 3.64. The third-order valence-corrected chi connectivity index (χ3v) is 1.50. The predicted octanol–water partition coefficient (Wildman–Crippen LogP) is 0.902. The second kappa shape index (κ2) is 5.45. The van der Waals surface area contributed by atoms with Crippen molar-refractivity contribution in [3.05, 3.63) is 18.1 Å². The fourth-order valence-electron chi connectivity index (χ4n) is 0.693. The summed E-state index contributed by atoms with van der Waals surface area (Å²) in [6.45, 7) is 5.98. The Bertz CT molecular complexity index is 99.4. The molecule has 0 aliphatic rings. The van der Waals surface area contributed by atoms with Crippen LogP contribution in [-0.2, 0) is 0 Å². The molecule has 0 aromatic heterocycles. The van der Waals surface area contributed by atoms with Gasteiger partial charge in [-0.2, -0.15) is 0 Å². The molecule has 0 saturated carbocycles. The van der Waals surface area contributed by atoms with E-state index >= 15 is 0 Å². The predicted molar refractivity (Wildman–Crippen MR) is 41.5 cm³/mol. The van der Waals surface area contributed by atoms with Crippen molar-refractivity contribution in [2.75, 3.05) is 13.2 Å². The Kier molecular flexibility index (Phi) is 5.26. The molecule has 0 heterocycles. The monoisotopic (exact) mass is 143 g/mol. The number of rotatable bonds is 5. The largest absolute Gasteiger partial charge is 0.396 e. The van der Waals surface area contributed by atoms with Gasteiger partial charge in [0.25, 0.3) is 0 Å². The van der Waals surface area contributed by atoms with E-state index in [-0.39, 0.29) is 13.2 Å². The molecule has 0 aliphatic carbocycles. The van der Waals surface area contributed by atoms with Crippen LogP contribution in [0, 0.1) is 5.92 Å². The maximum absolute atomic E-state index is 8.53. The molecule has 0 unspecified atom stereocenters. The quantitative estimate of drug-likeness (QED) is 0.600. The van der Waals surface area contributed by atoms with Crippen molar-refractivity contribution in [3.63, 3.8) is 0 Å². The minimum Gasteiger partial charge on any atom is -0.396 e. The topological polar surface area (TPSA) is 40.5 Å². The lowest BCUT2D eigenvalue weighted by Crippen LogP contribution is -2.00. The maximum Gasteiger partial charge on any atom is 0.0468 e. The first-order valence-electron chi connectivity index (χ1n) is 3.44. The van der Waals surface area contributed by atoms with Crippen LogP contribution in [0.5, 0.6) is 0 Å². The Morgan fingerprint density at radius 3 is 2.10 bits per heavy atom. The summed E-state index contributed by atoms with van der Waals surface area (Å²) >= 11 is 0. The molecule has 2 N–H and O–H groups in total. The molecule has 0 aromatic rings. The first-order chi connectivity index (χ1) is 4.72. The molecular formula is C8H15O2. The summed E-state index contributed by atoms with van der Waals surface area (Å²) in [5.41, 5.74) is 0.941. The van der Waals surface area contributed by atoms with Crippen molar-refractivity contribution < 1.29 is 10.2 Å². The summed E-state index contributed by atoms with van der Waals surface area (Å²) in [5.74, 6) is 1.08. The highest BCUT2D eigenvalue weighted by Crippen LogP contribution is 2.16. The van der Waals surface area contributed by atoms with Crippen LogP contribution in [0.25, 0.3) is 0 Å². The van der Waals surface area contributed by atoms with E-state index in [1.807, 2.05) is 6.92 Å². The van der Waals surface area contributed by atoms with E-state index in [1.165, 1.54) is 0 Å². The van der Waals surface area contributed by atoms with Crippen molar-refractivity contribution in [3.8, 4) is 0 Å². The molecule has 0 fully saturated rings. The van der Waals surface area contributed by atoms with Gasteiger partial charge in [-0.25, -0.2) is 0 Å². The van der Waals surface area contributed by atoms with Crippen LogP contribution in [0.15, 0.2) is 12.2 Å². The molecule has 0 aliphatic heterocycles. The highest BCUT2D eigenvalue weighted by Gasteiger charge is 2.04. The Hall–Kier alpha value is -0.340. The number of hydrogen-bond donors (Lipinski definition) is 2. The van der Waals surface area contributed by atoms with E-state index < -0.39 is 0 Å². The van der Waals surface area contributed by atoms with Gasteiger partial charge in [-0.3, -0.25) is 0 Å². The number of aliphatic hydroxyl groups excluding tert-OH is 2. The number of hydrogen-bond acceptors (Lipinski definition) is 2. The van der Waals surface area contributed by atoms with Crippen LogP contribution < -0.4 is 0 Å². The molecular weight excluding hydrogens is 128 g/mol. The molecule has 0 rings (SSSR count). The molecule has 0 spiro atoms. The van der Waals surface area contributed by atoms with Crippen LogP contribution in [0.1, 0.15) is 19.8 Å². The van der Waals surface area contributed by atoms with Gasteiger partial charge in [-0.15, -0.1) is 0 Å². The Labute approximate surface area is 62.2 Å². The Morgan fingerprint density at radius 1 is 1.20 bits per heavy atom. The summed E-state index contributed by atoms with van der Waals surface area (Å²) in [4.78, 5) is 0. The molecule has 2 heteroatoms. The van der Waals surface area contributed by atoms with Crippen molar-refractivity contribution in [2.24, 2.45) is 0 Å². The Balaban J connectivity index is 3.49. The van der Waals surface area contributed by atoms with Crippen LogP contribution >= 0.6 is 0 Å². The van der Waals surface area contributed by atoms with E-state index in [4.69, 9.17) is 10.2 Å². The summed E-state index contributed by atoms with van der Waals surface area (Å²) in [6.07, 6.45) is 1.28. The minimum atomic E-state index is 0.140. The zero-order valence-corrected chi connectivity index (χ0v) is 6.43.